The summed E-state index contributed by atoms with van der Waals surface area (Å²) >= 11 is 0. The standard InChI is InChI=1S/C68H60N2/c1-9-49-25-29-53(30-26-49)67(5,6)55-33-37-57(38-34-55)69(65-23-15-19-51-17-11-13-21-63(51)65)59-41-43-61(47(3)45-59)62-44-42-60(46-48(62)4)70(66-24-16-20-52-18-12-14-22-64(52)66)58-39-35-56(36-40-58)68(7,8)54-31-27-50(10-2)28-32-54/h9-46H,1-2H2,3-8H3. The Bertz CT molecular complexity index is 3270. The van der Waals surface area contributed by atoms with Crippen molar-refractivity contribution in [2.75, 3.05) is 9.80 Å². The highest BCUT2D eigenvalue weighted by Gasteiger charge is 2.26. The van der Waals surface area contributed by atoms with Crippen molar-refractivity contribution in [2.45, 2.75) is 52.4 Å². The van der Waals surface area contributed by atoms with Gasteiger partial charge >= 0.3 is 0 Å². The lowest BCUT2D eigenvalue weighted by Gasteiger charge is -2.30. The van der Waals surface area contributed by atoms with Crippen LogP contribution < -0.4 is 9.80 Å². The zero-order valence-electron chi connectivity index (χ0n) is 41.2. The molecule has 0 aromatic heterocycles. The summed E-state index contributed by atoms with van der Waals surface area (Å²) in [7, 11) is 0. The molecule has 10 aromatic rings. The van der Waals surface area contributed by atoms with Crippen LogP contribution in [0.1, 0.15) is 72.2 Å². The third-order valence-corrected chi connectivity index (χ3v) is 14.7. The first-order valence-electron chi connectivity index (χ1n) is 24.4. The predicted molar refractivity (Wildman–Crippen MR) is 303 cm³/mol. The van der Waals surface area contributed by atoms with Gasteiger partial charge in [0.2, 0.25) is 0 Å². The maximum Gasteiger partial charge on any atom is 0.0540 e. The Morgan fingerprint density at radius 1 is 0.343 bits per heavy atom. The van der Waals surface area contributed by atoms with Gasteiger partial charge in [-0.05, 0) is 141 Å². The van der Waals surface area contributed by atoms with Gasteiger partial charge in [-0.25, -0.2) is 0 Å². The Labute approximate surface area is 415 Å². The van der Waals surface area contributed by atoms with Crippen LogP contribution in [0.15, 0.2) is 232 Å². The van der Waals surface area contributed by atoms with Crippen LogP contribution >= 0.6 is 0 Å². The summed E-state index contributed by atoms with van der Waals surface area (Å²) < 4.78 is 0. The Morgan fingerprint density at radius 3 is 1.00 bits per heavy atom. The fourth-order valence-corrected chi connectivity index (χ4v) is 10.3. The quantitative estimate of drug-likeness (QED) is 0.114. The van der Waals surface area contributed by atoms with Crippen molar-refractivity contribution >= 4 is 67.8 Å². The van der Waals surface area contributed by atoms with Crippen molar-refractivity contribution < 1.29 is 0 Å². The first-order valence-corrected chi connectivity index (χ1v) is 24.4. The van der Waals surface area contributed by atoms with Crippen molar-refractivity contribution in [3.63, 3.8) is 0 Å². The minimum Gasteiger partial charge on any atom is -0.310 e. The van der Waals surface area contributed by atoms with Gasteiger partial charge in [-0.15, -0.1) is 0 Å². The number of nitrogens with zero attached hydrogens (tertiary/aromatic N) is 2. The summed E-state index contributed by atoms with van der Waals surface area (Å²) in [6.07, 6.45) is 3.79. The highest BCUT2D eigenvalue weighted by molar-refractivity contribution is 6.00. The number of fused-ring (bicyclic) bond motifs is 2. The lowest BCUT2D eigenvalue weighted by molar-refractivity contribution is 0.641. The molecule has 0 aliphatic rings. The largest absolute Gasteiger partial charge is 0.310 e. The Balaban J connectivity index is 1.02. The summed E-state index contributed by atoms with van der Waals surface area (Å²) in [5.41, 5.74) is 18.5. The molecule has 2 heteroatoms. The van der Waals surface area contributed by atoms with E-state index in [0.29, 0.717) is 0 Å². The minimum absolute atomic E-state index is 0.179. The van der Waals surface area contributed by atoms with Crippen LogP contribution in [-0.2, 0) is 10.8 Å². The van der Waals surface area contributed by atoms with E-state index in [9.17, 15) is 0 Å². The molecule has 70 heavy (non-hydrogen) atoms. The Kier molecular flexibility index (Phi) is 12.2. The highest BCUT2D eigenvalue weighted by atomic mass is 15.1. The minimum atomic E-state index is -0.179. The second-order valence-electron chi connectivity index (χ2n) is 19.7. The van der Waals surface area contributed by atoms with E-state index in [1.165, 1.54) is 66.1 Å². The molecule has 0 radical (unpaired) electrons. The highest BCUT2D eigenvalue weighted by Crippen LogP contribution is 2.45. The van der Waals surface area contributed by atoms with Crippen LogP contribution in [0.5, 0.6) is 0 Å². The summed E-state index contributed by atoms with van der Waals surface area (Å²) in [5.74, 6) is 0. The van der Waals surface area contributed by atoms with Crippen molar-refractivity contribution in [2.24, 2.45) is 0 Å². The van der Waals surface area contributed by atoms with Gasteiger partial charge in [0.05, 0.1) is 11.4 Å². The molecule has 0 spiro atoms. The normalized spacial score (nSPS) is 11.7. The molecule has 0 unspecified atom stereocenters. The average Bonchev–Trinajstić information content (AvgIpc) is 3.39. The molecule has 0 saturated carbocycles. The fourth-order valence-electron chi connectivity index (χ4n) is 10.3. The number of hydrogen-bond acceptors (Lipinski definition) is 2. The van der Waals surface area contributed by atoms with Gasteiger partial charge in [0.1, 0.15) is 0 Å². The monoisotopic (exact) mass is 904 g/mol. The molecule has 10 rings (SSSR count). The fraction of sp³-hybridized carbons (Fsp3) is 0.118. The molecule has 0 heterocycles. The van der Waals surface area contributed by atoms with Gasteiger partial charge < -0.3 is 9.80 Å². The first kappa shape index (κ1) is 45.6. The van der Waals surface area contributed by atoms with E-state index in [2.05, 4.69) is 283 Å². The molecule has 0 bridgehead atoms. The van der Waals surface area contributed by atoms with Gasteiger partial charge in [0, 0.05) is 44.4 Å². The second kappa shape index (κ2) is 18.7. The average molecular weight is 905 g/mol. The Hall–Kier alpha value is -8.20. The van der Waals surface area contributed by atoms with E-state index >= 15 is 0 Å². The van der Waals surface area contributed by atoms with Crippen LogP contribution in [0.4, 0.5) is 34.1 Å². The van der Waals surface area contributed by atoms with E-state index in [0.717, 1.165) is 45.3 Å². The second-order valence-corrected chi connectivity index (χ2v) is 19.7. The number of rotatable bonds is 13. The van der Waals surface area contributed by atoms with Crippen molar-refractivity contribution in [1.82, 2.24) is 0 Å². The lowest BCUT2D eigenvalue weighted by Crippen LogP contribution is -2.19. The summed E-state index contributed by atoms with van der Waals surface area (Å²) in [4.78, 5) is 4.83. The van der Waals surface area contributed by atoms with Crippen LogP contribution in [0.2, 0.25) is 0 Å². The van der Waals surface area contributed by atoms with Gasteiger partial charge in [0.15, 0.2) is 0 Å². The van der Waals surface area contributed by atoms with Crippen molar-refractivity contribution in [3.05, 3.63) is 276 Å². The van der Waals surface area contributed by atoms with Crippen LogP contribution in [0.25, 0.3) is 44.8 Å². The third kappa shape index (κ3) is 8.52. The summed E-state index contributed by atoms with van der Waals surface area (Å²) in [6.45, 7) is 21.6. The summed E-state index contributed by atoms with van der Waals surface area (Å²) in [6, 6.07) is 80.2. The van der Waals surface area contributed by atoms with Gasteiger partial charge in [-0.1, -0.05) is 211 Å². The van der Waals surface area contributed by atoms with Crippen molar-refractivity contribution in [1.29, 1.82) is 0 Å². The predicted octanol–water partition coefficient (Wildman–Crippen LogP) is 19.2. The molecule has 0 N–H and O–H groups in total. The molecule has 10 aromatic carbocycles. The first-order chi connectivity index (χ1) is 33.9. The lowest BCUT2D eigenvalue weighted by atomic mass is 9.78. The van der Waals surface area contributed by atoms with Gasteiger partial charge in [0.25, 0.3) is 0 Å². The SMILES string of the molecule is C=Cc1ccc(C(C)(C)c2ccc(N(c3ccc(-c4ccc(N(c5ccc(C(C)(C)c6ccc(C=C)cc6)cc5)c5cccc6ccccc56)cc4C)c(C)c3)c3cccc4ccccc34)cc2)cc1. The topological polar surface area (TPSA) is 6.48 Å². The summed E-state index contributed by atoms with van der Waals surface area (Å²) in [5, 5.41) is 4.83. The molecule has 0 atom stereocenters. The zero-order chi connectivity index (χ0) is 48.6. The molecule has 2 nitrogen and oxygen atoms in total. The van der Waals surface area contributed by atoms with E-state index in [-0.39, 0.29) is 10.8 Å². The molecule has 0 saturated heterocycles. The zero-order valence-corrected chi connectivity index (χ0v) is 41.2. The van der Waals surface area contributed by atoms with Crippen LogP contribution in [0, 0.1) is 13.8 Å². The maximum absolute atomic E-state index is 3.95. The molecule has 342 valence electrons. The number of benzene rings is 10. The molecule has 0 aliphatic heterocycles. The van der Waals surface area contributed by atoms with Gasteiger partial charge in [-0.3, -0.25) is 0 Å². The van der Waals surface area contributed by atoms with E-state index < -0.39 is 0 Å². The number of hydrogen-bond donors (Lipinski definition) is 0. The maximum atomic E-state index is 3.95. The molecular formula is C68H60N2. The molecule has 0 aliphatic carbocycles. The Morgan fingerprint density at radius 2 is 0.657 bits per heavy atom. The van der Waals surface area contributed by atoms with E-state index in [4.69, 9.17) is 0 Å². The smallest absolute Gasteiger partial charge is 0.0540 e. The third-order valence-electron chi connectivity index (χ3n) is 14.7. The van der Waals surface area contributed by atoms with Crippen LogP contribution in [-0.4, -0.2) is 0 Å². The van der Waals surface area contributed by atoms with E-state index in [1.54, 1.807) is 0 Å². The number of anilines is 6. The van der Waals surface area contributed by atoms with Gasteiger partial charge in [-0.2, -0.15) is 0 Å². The molecule has 0 fully saturated rings. The molecular weight excluding hydrogens is 845 g/mol. The van der Waals surface area contributed by atoms with Crippen LogP contribution in [0.3, 0.4) is 0 Å². The van der Waals surface area contributed by atoms with Crippen molar-refractivity contribution in [3.8, 4) is 11.1 Å². The van der Waals surface area contributed by atoms with E-state index in [1.807, 2.05) is 12.2 Å². The molecule has 0 amide bonds. The number of aryl methyl sites for hydroxylation is 2.